The van der Waals surface area contributed by atoms with E-state index in [-0.39, 0.29) is 23.4 Å². The summed E-state index contributed by atoms with van der Waals surface area (Å²) in [4.78, 5) is 12.5. The highest BCUT2D eigenvalue weighted by atomic mass is 35.5. The van der Waals surface area contributed by atoms with Crippen LogP contribution >= 0.6 is 11.6 Å². The highest BCUT2D eigenvalue weighted by Gasteiger charge is 2.37. The van der Waals surface area contributed by atoms with Gasteiger partial charge in [0.25, 0.3) is 0 Å². The number of rotatable bonds is 4. The van der Waals surface area contributed by atoms with Crippen molar-refractivity contribution in [2.45, 2.75) is 52.1 Å². The second kappa shape index (κ2) is 6.80. The zero-order valence-corrected chi connectivity index (χ0v) is 13.8. The molecule has 2 atom stereocenters. The number of piperidine rings is 1. The molecule has 1 aliphatic heterocycles. The number of benzene rings is 1. The van der Waals surface area contributed by atoms with Crippen LogP contribution in [0.1, 0.15) is 39.2 Å². The molecule has 1 fully saturated rings. The highest BCUT2D eigenvalue weighted by molar-refractivity contribution is 6.30. The summed E-state index contributed by atoms with van der Waals surface area (Å²) in [7, 11) is 0. The lowest BCUT2D eigenvalue weighted by Gasteiger charge is -2.38. The third kappa shape index (κ3) is 4.45. The molecule has 1 aromatic rings. The molecule has 0 spiro atoms. The Morgan fingerprint density at radius 1 is 1.52 bits per heavy atom. The molecular formula is C17H25ClN2O. The van der Waals surface area contributed by atoms with E-state index in [2.05, 4.69) is 24.5 Å². The predicted molar refractivity (Wildman–Crippen MR) is 87.6 cm³/mol. The predicted octanol–water partition coefficient (Wildman–Crippen LogP) is 3.17. The van der Waals surface area contributed by atoms with E-state index in [4.69, 9.17) is 11.6 Å². The van der Waals surface area contributed by atoms with E-state index in [0.717, 1.165) is 36.4 Å². The maximum Gasteiger partial charge on any atom is 0.237 e. The summed E-state index contributed by atoms with van der Waals surface area (Å²) in [6.07, 6.45) is 3.01. The van der Waals surface area contributed by atoms with Gasteiger partial charge >= 0.3 is 0 Å². The lowest BCUT2D eigenvalue weighted by Crippen LogP contribution is -2.57. The molecule has 3 nitrogen and oxygen atoms in total. The summed E-state index contributed by atoms with van der Waals surface area (Å²) in [6, 6.07) is 7.79. The third-order valence-electron chi connectivity index (χ3n) is 4.21. The van der Waals surface area contributed by atoms with Crippen molar-refractivity contribution in [3.05, 3.63) is 34.9 Å². The van der Waals surface area contributed by atoms with Gasteiger partial charge in [-0.2, -0.15) is 0 Å². The van der Waals surface area contributed by atoms with E-state index in [1.807, 2.05) is 31.2 Å². The van der Waals surface area contributed by atoms with E-state index in [9.17, 15) is 4.79 Å². The molecule has 2 unspecified atom stereocenters. The molecule has 2 N–H and O–H groups in total. The van der Waals surface area contributed by atoms with E-state index in [1.54, 1.807) is 0 Å². The van der Waals surface area contributed by atoms with Crippen molar-refractivity contribution in [2.75, 3.05) is 6.54 Å². The average molecular weight is 309 g/mol. The molecule has 1 aliphatic rings. The van der Waals surface area contributed by atoms with Gasteiger partial charge in [-0.05, 0) is 55.8 Å². The standard InChI is InChI=1S/C17H25ClN2O/c1-12(10-13-6-4-7-14(18)11-13)20-16(21)15-17(2,3)8-5-9-19-15/h4,6-7,11-12,15,19H,5,8-10H2,1-3H3,(H,20,21). The van der Waals surface area contributed by atoms with Gasteiger partial charge in [0, 0.05) is 11.1 Å². The van der Waals surface area contributed by atoms with E-state index >= 15 is 0 Å². The van der Waals surface area contributed by atoms with Gasteiger partial charge in [0.2, 0.25) is 5.91 Å². The third-order valence-corrected chi connectivity index (χ3v) is 4.44. The van der Waals surface area contributed by atoms with Gasteiger partial charge in [-0.1, -0.05) is 37.6 Å². The summed E-state index contributed by atoms with van der Waals surface area (Å²) in [5.41, 5.74) is 1.16. The molecule has 0 radical (unpaired) electrons. The molecule has 0 saturated carbocycles. The van der Waals surface area contributed by atoms with Crippen molar-refractivity contribution < 1.29 is 4.79 Å². The number of halogens is 1. The number of amides is 1. The van der Waals surface area contributed by atoms with Gasteiger partial charge in [0.1, 0.15) is 0 Å². The molecule has 0 aliphatic carbocycles. The van der Waals surface area contributed by atoms with Gasteiger partial charge in [-0.15, -0.1) is 0 Å². The van der Waals surface area contributed by atoms with Gasteiger partial charge in [-0.3, -0.25) is 4.79 Å². The van der Waals surface area contributed by atoms with Gasteiger partial charge in [-0.25, -0.2) is 0 Å². The maximum atomic E-state index is 12.5. The van der Waals surface area contributed by atoms with Crippen molar-refractivity contribution in [1.29, 1.82) is 0 Å². The fraction of sp³-hybridized carbons (Fsp3) is 0.588. The van der Waals surface area contributed by atoms with Crippen LogP contribution in [0.15, 0.2) is 24.3 Å². The quantitative estimate of drug-likeness (QED) is 0.897. The Hall–Kier alpha value is -1.06. The Balaban J connectivity index is 1.92. The van der Waals surface area contributed by atoms with Crippen molar-refractivity contribution in [1.82, 2.24) is 10.6 Å². The van der Waals surface area contributed by atoms with Crippen LogP contribution in [0.4, 0.5) is 0 Å². The number of carbonyl (C=O) groups excluding carboxylic acids is 1. The van der Waals surface area contributed by atoms with Crippen LogP contribution in [-0.4, -0.2) is 24.5 Å². The van der Waals surface area contributed by atoms with Crippen LogP contribution in [0.3, 0.4) is 0 Å². The van der Waals surface area contributed by atoms with Crippen LogP contribution in [0, 0.1) is 5.41 Å². The monoisotopic (exact) mass is 308 g/mol. The van der Waals surface area contributed by atoms with Crippen LogP contribution in [-0.2, 0) is 11.2 Å². The van der Waals surface area contributed by atoms with Gasteiger partial charge in [0.15, 0.2) is 0 Å². The fourth-order valence-electron chi connectivity index (χ4n) is 3.05. The van der Waals surface area contributed by atoms with Gasteiger partial charge in [0.05, 0.1) is 6.04 Å². The van der Waals surface area contributed by atoms with E-state index in [1.165, 1.54) is 0 Å². The van der Waals surface area contributed by atoms with Crippen molar-refractivity contribution in [3.63, 3.8) is 0 Å². The minimum absolute atomic E-state index is 0.0120. The number of hydrogen-bond acceptors (Lipinski definition) is 2. The minimum atomic E-state index is -0.104. The second-order valence-corrected chi connectivity index (χ2v) is 7.16. The first-order valence-electron chi connectivity index (χ1n) is 7.67. The first-order valence-corrected chi connectivity index (χ1v) is 8.04. The Labute approximate surface area is 132 Å². The second-order valence-electron chi connectivity index (χ2n) is 6.72. The molecule has 0 bridgehead atoms. The largest absolute Gasteiger partial charge is 0.352 e. The summed E-state index contributed by atoms with van der Waals surface area (Å²) < 4.78 is 0. The summed E-state index contributed by atoms with van der Waals surface area (Å²) in [5, 5.41) is 7.22. The molecule has 1 aromatic carbocycles. The molecule has 1 heterocycles. The van der Waals surface area contributed by atoms with Crippen LogP contribution < -0.4 is 10.6 Å². The zero-order valence-electron chi connectivity index (χ0n) is 13.1. The number of nitrogens with one attached hydrogen (secondary N) is 2. The Morgan fingerprint density at radius 2 is 2.29 bits per heavy atom. The smallest absolute Gasteiger partial charge is 0.237 e. The highest BCUT2D eigenvalue weighted by Crippen LogP contribution is 2.30. The molecule has 4 heteroatoms. The molecule has 21 heavy (non-hydrogen) atoms. The van der Waals surface area contributed by atoms with Crippen LogP contribution in [0.25, 0.3) is 0 Å². The molecule has 116 valence electrons. The first-order chi connectivity index (χ1) is 9.88. The summed E-state index contributed by atoms with van der Waals surface area (Å²) in [6.45, 7) is 7.27. The minimum Gasteiger partial charge on any atom is -0.352 e. The van der Waals surface area contributed by atoms with Crippen LogP contribution in [0.2, 0.25) is 5.02 Å². The normalized spacial score (nSPS) is 22.6. The van der Waals surface area contributed by atoms with Crippen molar-refractivity contribution in [3.8, 4) is 0 Å². The number of hydrogen-bond donors (Lipinski definition) is 2. The molecule has 2 rings (SSSR count). The van der Waals surface area contributed by atoms with E-state index < -0.39 is 0 Å². The lowest BCUT2D eigenvalue weighted by atomic mass is 9.77. The lowest BCUT2D eigenvalue weighted by molar-refractivity contribution is -0.127. The Bertz CT molecular complexity index is 501. The van der Waals surface area contributed by atoms with Gasteiger partial charge < -0.3 is 10.6 Å². The molecular weight excluding hydrogens is 284 g/mol. The SMILES string of the molecule is CC(Cc1cccc(Cl)c1)NC(=O)C1NCCCC1(C)C. The first kappa shape index (κ1) is 16.3. The average Bonchev–Trinajstić information content (AvgIpc) is 2.37. The molecule has 0 aromatic heterocycles. The number of carbonyl (C=O) groups is 1. The fourth-order valence-corrected chi connectivity index (χ4v) is 3.27. The molecule has 1 amide bonds. The van der Waals surface area contributed by atoms with Crippen molar-refractivity contribution in [2.24, 2.45) is 5.41 Å². The van der Waals surface area contributed by atoms with Crippen LogP contribution in [0.5, 0.6) is 0 Å². The summed E-state index contributed by atoms with van der Waals surface area (Å²) in [5.74, 6) is 0.106. The van der Waals surface area contributed by atoms with Crippen molar-refractivity contribution >= 4 is 17.5 Å². The zero-order chi connectivity index (χ0) is 15.5. The topological polar surface area (TPSA) is 41.1 Å². The summed E-state index contributed by atoms with van der Waals surface area (Å²) >= 11 is 6.00. The van der Waals surface area contributed by atoms with E-state index in [0.29, 0.717) is 0 Å². The molecule has 1 saturated heterocycles. The Morgan fingerprint density at radius 3 is 2.95 bits per heavy atom. The maximum absolute atomic E-state index is 12.5. The Kier molecular flexibility index (Phi) is 5.28.